The SMILES string of the molecule is CCC[C@@](C)(NC(=O)c1cc2c(C)cc(C)cc2[nH]1)C(=O)O. The summed E-state index contributed by atoms with van der Waals surface area (Å²) >= 11 is 0. The second-order valence-electron chi connectivity index (χ2n) is 6.07. The third kappa shape index (κ3) is 2.98. The minimum Gasteiger partial charge on any atom is -0.480 e. The Labute approximate surface area is 129 Å². The van der Waals surface area contributed by atoms with Gasteiger partial charge in [-0.25, -0.2) is 4.79 Å². The molecular weight excluding hydrogens is 280 g/mol. The predicted molar refractivity (Wildman–Crippen MR) is 86.2 cm³/mol. The molecule has 2 rings (SSSR count). The van der Waals surface area contributed by atoms with E-state index >= 15 is 0 Å². The second kappa shape index (κ2) is 5.83. The molecule has 1 heterocycles. The monoisotopic (exact) mass is 302 g/mol. The zero-order valence-electron chi connectivity index (χ0n) is 13.4. The Bertz CT molecular complexity index is 733. The number of benzene rings is 1. The van der Waals surface area contributed by atoms with E-state index in [2.05, 4.69) is 16.4 Å². The molecule has 0 bridgehead atoms. The van der Waals surface area contributed by atoms with E-state index in [9.17, 15) is 14.7 Å². The highest BCUT2D eigenvalue weighted by Gasteiger charge is 2.34. The topological polar surface area (TPSA) is 82.2 Å². The van der Waals surface area contributed by atoms with Crippen LogP contribution in [0.25, 0.3) is 10.9 Å². The molecule has 22 heavy (non-hydrogen) atoms. The quantitative estimate of drug-likeness (QED) is 0.793. The van der Waals surface area contributed by atoms with Gasteiger partial charge in [0.2, 0.25) is 0 Å². The molecule has 0 aliphatic carbocycles. The molecule has 5 heteroatoms. The van der Waals surface area contributed by atoms with Crippen molar-refractivity contribution in [2.45, 2.75) is 46.1 Å². The Morgan fingerprint density at radius 1 is 1.27 bits per heavy atom. The average molecular weight is 302 g/mol. The smallest absolute Gasteiger partial charge is 0.329 e. The van der Waals surface area contributed by atoms with E-state index in [1.54, 1.807) is 6.07 Å². The van der Waals surface area contributed by atoms with E-state index in [0.717, 1.165) is 22.0 Å². The van der Waals surface area contributed by atoms with Crippen LogP contribution in [0.3, 0.4) is 0 Å². The fourth-order valence-electron chi connectivity index (χ4n) is 2.76. The maximum atomic E-state index is 12.4. The Morgan fingerprint density at radius 2 is 1.95 bits per heavy atom. The molecule has 2 aromatic rings. The summed E-state index contributed by atoms with van der Waals surface area (Å²) in [5.41, 5.74) is 2.20. The number of aliphatic carboxylic acids is 1. The maximum absolute atomic E-state index is 12.4. The van der Waals surface area contributed by atoms with Crippen LogP contribution in [0.15, 0.2) is 18.2 Å². The molecule has 1 amide bonds. The third-order valence-electron chi connectivity index (χ3n) is 3.95. The van der Waals surface area contributed by atoms with E-state index in [1.807, 2.05) is 26.8 Å². The predicted octanol–water partition coefficient (Wildman–Crippen LogP) is 3.16. The zero-order valence-corrected chi connectivity index (χ0v) is 13.4. The largest absolute Gasteiger partial charge is 0.480 e. The van der Waals surface area contributed by atoms with Crippen molar-refractivity contribution in [2.75, 3.05) is 0 Å². The lowest BCUT2D eigenvalue weighted by Gasteiger charge is -2.25. The standard InChI is InChI=1S/C17H22N2O3/c1-5-6-17(4,16(21)22)19-15(20)14-9-12-11(3)7-10(2)8-13(12)18-14/h7-9,18H,5-6H2,1-4H3,(H,19,20)(H,21,22)/t17-/m1/s1. The third-order valence-corrected chi connectivity index (χ3v) is 3.95. The second-order valence-corrected chi connectivity index (χ2v) is 6.07. The number of hydrogen-bond donors (Lipinski definition) is 3. The Kier molecular flexibility index (Phi) is 4.26. The molecular formula is C17H22N2O3. The van der Waals surface area contributed by atoms with Gasteiger partial charge in [-0.3, -0.25) is 4.79 Å². The van der Waals surface area contributed by atoms with E-state index in [0.29, 0.717) is 18.5 Å². The van der Waals surface area contributed by atoms with Crippen LogP contribution in [0.5, 0.6) is 0 Å². The number of hydrogen-bond acceptors (Lipinski definition) is 2. The highest BCUT2D eigenvalue weighted by molar-refractivity contribution is 6.01. The summed E-state index contributed by atoms with van der Waals surface area (Å²) in [6.45, 7) is 7.41. The van der Waals surface area contributed by atoms with Crippen molar-refractivity contribution in [3.63, 3.8) is 0 Å². The summed E-state index contributed by atoms with van der Waals surface area (Å²) < 4.78 is 0. The fourth-order valence-corrected chi connectivity index (χ4v) is 2.76. The number of H-pyrrole nitrogens is 1. The van der Waals surface area contributed by atoms with Crippen LogP contribution in [-0.4, -0.2) is 27.5 Å². The molecule has 0 radical (unpaired) electrons. The van der Waals surface area contributed by atoms with Gasteiger partial charge < -0.3 is 15.4 Å². The number of aromatic nitrogens is 1. The van der Waals surface area contributed by atoms with E-state index in [-0.39, 0.29) is 0 Å². The number of carboxylic acid groups (broad SMARTS) is 1. The highest BCUT2D eigenvalue weighted by Crippen LogP contribution is 2.22. The summed E-state index contributed by atoms with van der Waals surface area (Å²) in [6.07, 6.45) is 1.06. The van der Waals surface area contributed by atoms with Gasteiger partial charge >= 0.3 is 5.97 Å². The van der Waals surface area contributed by atoms with Gasteiger partial charge in [-0.05, 0) is 50.5 Å². The normalized spacial score (nSPS) is 13.8. The van der Waals surface area contributed by atoms with Gasteiger partial charge in [0, 0.05) is 10.9 Å². The molecule has 3 N–H and O–H groups in total. The van der Waals surface area contributed by atoms with E-state index in [4.69, 9.17) is 0 Å². The van der Waals surface area contributed by atoms with Crippen LogP contribution in [0.4, 0.5) is 0 Å². The first-order valence-electron chi connectivity index (χ1n) is 7.42. The Morgan fingerprint density at radius 3 is 2.55 bits per heavy atom. The molecule has 1 aromatic heterocycles. The summed E-state index contributed by atoms with van der Waals surface area (Å²) in [7, 11) is 0. The van der Waals surface area contributed by atoms with Crippen molar-refractivity contribution >= 4 is 22.8 Å². The molecule has 0 aliphatic rings. The van der Waals surface area contributed by atoms with Crippen molar-refractivity contribution in [1.82, 2.24) is 10.3 Å². The van der Waals surface area contributed by atoms with Gasteiger partial charge in [0.25, 0.3) is 5.91 Å². The number of aromatic amines is 1. The van der Waals surface area contributed by atoms with E-state index in [1.165, 1.54) is 6.92 Å². The number of fused-ring (bicyclic) bond motifs is 1. The fraction of sp³-hybridized carbons (Fsp3) is 0.412. The number of rotatable bonds is 5. The molecule has 1 aromatic carbocycles. The summed E-state index contributed by atoms with van der Waals surface area (Å²) in [5.74, 6) is -1.42. The number of aryl methyl sites for hydroxylation is 2. The first-order valence-corrected chi connectivity index (χ1v) is 7.42. The minimum absolute atomic E-state index is 0.381. The van der Waals surface area contributed by atoms with Crippen LogP contribution >= 0.6 is 0 Å². The number of carboxylic acids is 1. The lowest BCUT2D eigenvalue weighted by atomic mass is 9.96. The highest BCUT2D eigenvalue weighted by atomic mass is 16.4. The van der Waals surface area contributed by atoms with Crippen LogP contribution in [0.1, 0.15) is 48.3 Å². The summed E-state index contributed by atoms with van der Waals surface area (Å²) in [6, 6.07) is 5.80. The summed E-state index contributed by atoms with van der Waals surface area (Å²) in [4.78, 5) is 26.9. The Hall–Kier alpha value is -2.30. The molecule has 0 fully saturated rings. The molecule has 0 unspecified atom stereocenters. The van der Waals surface area contributed by atoms with Crippen molar-refractivity contribution in [1.29, 1.82) is 0 Å². The van der Waals surface area contributed by atoms with Crippen LogP contribution in [0.2, 0.25) is 0 Å². The van der Waals surface area contributed by atoms with Crippen molar-refractivity contribution in [3.05, 3.63) is 35.0 Å². The number of amides is 1. The summed E-state index contributed by atoms with van der Waals surface area (Å²) in [5, 5.41) is 13.0. The molecule has 5 nitrogen and oxygen atoms in total. The molecule has 0 spiro atoms. The number of carbonyl (C=O) groups is 2. The zero-order chi connectivity index (χ0) is 16.5. The van der Waals surface area contributed by atoms with Crippen LogP contribution < -0.4 is 5.32 Å². The minimum atomic E-state index is -1.26. The molecule has 1 atom stereocenters. The Balaban J connectivity index is 2.33. The van der Waals surface area contributed by atoms with Crippen molar-refractivity contribution < 1.29 is 14.7 Å². The number of carbonyl (C=O) groups excluding carboxylic acids is 1. The van der Waals surface area contributed by atoms with Gasteiger partial charge in [0.15, 0.2) is 0 Å². The van der Waals surface area contributed by atoms with Gasteiger partial charge in [0.1, 0.15) is 11.2 Å². The van der Waals surface area contributed by atoms with Crippen molar-refractivity contribution in [3.8, 4) is 0 Å². The van der Waals surface area contributed by atoms with Crippen molar-refractivity contribution in [2.24, 2.45) is 0 Å². The average Bonchev–Trinajstić information content (AvgIpc) is 2.82. The lowest BCUT2D eigenvalue weighted by Crippen LogP contribution is -2.52. The van der Waals surface area contributed by atoms with Gasteiger partial charge in [-0.15, -0.1) is 0 Å². The lowest BCUT2D eigenvalue weighted by molar-refractivity contribution is -0.144. The first-order chi connectivity index (χ1) is 10.3. The first kappa shape index (κ1) is 16.1. The molecule has 0 aliphatic heterocycles. The molecule has 0 saturated carbocycles. The maximum Gasteiger partial charge on any atom is 0.329 e. The van der Waals surface area contributed by atoms with Crippen LogP contribution in [0, 0.1) is 13.8 Å². The molecule has 0 saturated heterocycles. The number of nitrogens with one attached hydrogen (secondary N) is 2. The van der Waals surface area contributed by atoms with Crippen LogP contribution in [-0.2, 0) is 4.79 Å². The van der Waals surface area contributed by atoms with Gasteiger partial charge in [-0.1, -0.05) is 19.4 Å². The van der Waals surface area contributed by atoms with Gasteiger partial charge in [-0.2, -0.15) is 0 Å². The van der Waals surface area contributed by atoms with Gasteiger partial charge in [0.05, 0.1) is 0 Å². The molecule has 118 valence electrons. The van der Waals surface area contributed by atoms with E-state index < -0.39 is 17.4 Å².